The van der Waals surface area contributed by atoms with Gasteiger partial charge in [-0.1, -0.05) is 25.7 Å². The third-order valence-electron chi connectivity index (χ3n) is 3.96. The van der Waals surface area contributed by atoms with Crippen LogP contribution in [-0.4, -0.2) is 23.3 Å². The number of anilines is 1. The van der Waals surface area contributed by atoms with Crippen LogP contribution in [0.15, 0.2) is 18.2 Å². The monoisotopic (exact) mass is 305 g/mol. The zero-order chi connectivity index (χ0) is 16.0. The number of halogens is 1. The summed E-state index contributed by atoms with van der Waals surface area (Å²) in [5.41, 5.74) is -0.563. The first-order chi connectivity index (χ1) is 10.5. The minimum atomic E-state index is -0.866. The molecule has 0 saturated heterocycles. The van der Waals surface area contributed by atoms with Crippen molar-refractivity contribution in [2.45, 2.75) is 44.1 Å². The van der Waals surface area contributed by atoms with Gasteiger partial charge in [-0.25, -0.2) is 9.18 Å². The molecule has 0 spiro atoms. The number of carbonyl (C=O) groups is 1. The number of urea groups is 1. The summed E-state index contributed by atoms with van der Waals surface area (Å²) in [7, 11) is 0. The number of nitrogens with one attached hydrogen (secondary N) is 2. The van der Waals surface area contributed by atoms with Crippen molar-refractivity contribution in [1.82, 2.24) is 5.32 Å². The summed E-state index contributed by atoms with van der Waals surface area (Å²) in [4.78, 5) is 11.9. The molecule has 5 nitrogen and oxygen atoms in total. The van der Waals surface area contributed by atoms with E-state index in [-0.39, 0.29) is 17.8 Å². The van der Waals surface area contributed by atoms with Crippen molar-refractivity contribution in [3.63, 3.8) is 0 Å². The van der Waals surface area contributed by atoms with Crippen LogP contribution in [-0.2, 0) is 0 Å². The summed E-state index contributed by atoms with van der Waals surface area (Å²) in [5, 5.41) is 24.5. The quantitative estimate of drug-likeness (QED) is 0.751. The Kier molecular flexibility index (Phi) is 5.34. The Balaban J connectivity index is 1.92. The van der Waals surface area contributed by atoms with Gasteiger partial charge < -0.3 is 15.7 Å². The van der Waals surface area contributed by atoms with Crippen molar-refractivity contribution < 1.29 is 14.3 Å². The van der Waals surface area contributed by atoms with Crippen molar-refractivity contribution in [3.8, 4) is 6.07 Å². The molecule has 0 bridgehead atoms. The van der Waals surface area contributed by atoms with E-state index in [4.69, 9.17) is 5.26 Å². The Morgan fingerprint density at radius 2 is 2.00 bits per heavy atom. The standard InChI is InChI=1S/C16H20FN3O2/c17-13-5-6-14(12(9-13)10-18)20-15(21)19-11-16(22)7-3-1-2-4-8-16/h5-6,9,22H,1-4,7-8,11H2,(H2,19,20,21). The number of hydrogen-bond donors (Lipinski definition) is 3. The number of nitriles is 1. The smallest absolute Gasteiger partial charge is 0.319 e. The van der Waals surface area contributed by atoms with Gasteiger partial charge in [0, 0.05) is 6.54 Å². The lowest BCUT2D eigenvalue weighted by molar-refractivity contribution is 0.0281. The highest BCUT2D eigenvalue weighted by Gasteiger charge is 2.28. The maximum absolute atomic E-state index is 13.0. The molecule has 0 unspecified atom stereocenters. The van der Waals surface area contributed by atoms with Gasteiger partial charge >= 0.3 is 6.03 Å². The number of hydrogen-bond acceptors (Lipinski definition) is 3. The summed E-state index contributed by atoms with van der Waals surface area (Å²) in [6.07, 6.45) is 5.47. The molecule has 22 heavy (non-hydrogen) atoms. The van der Waals surface area contributed by atoms with Crippen LogP contribution < -0.4 is 10.6 Å². The van der Waals surface area contributed by atoms with Crippen LogP contribution in [0.25, 0.3) is 0 Å². The van der Waals surface area contributed by atoms with Crippen LogP contribution in [0.4, 0.5) is 14.9 Å². The average Bonchev–Trinajstić information content (AvgIpc) is 2.72. The second-order valence-electron chi connectivity index (χ2n) is 5.75. The van der Waals surface area contributed by atoms with Crippen LogP contribution in [0.1, 0.15) is 44.1 Å². The van der Waals surface area contributed by atoms with Gasteiger partial charge in [0.15, 0.2) is 0 Å². The molecule has 1 fully saturated rings. The molecule has 1 saturated carbocycles. The molecule has 0 aliphatic heterocycles. The lowest BCUT2D eigenvalue weighted by atomic mass is 9.95. The van der Waals surface area contributed by atoms with Crippen LogP contribution in [0.2, 0.25) is 0 Å². The Bertz CT molecular complexity index is 575. The van der Waals surface area contributed by atoms with E-state index >= 15 is 0 Å². The highest BCUT2D eigenvalue weighted by Crippen LogP contribution is 2.26. The van der Waals surface area contributed by atoms with Gasteiger partial charge in [-0.15, -0.1) is 0 Å². The van der Waals surface area contributed by atoms with Gasteiger partial charge in [-0.2, -0.15) is 5.26 Å². The largest absolute Gasteiger partial charge is 0.388 e. The first-order valence-corrected chi connectivity index (χ1v) is 7.49. The molecule has 1 aliphatic carbocycles. The maximum atomic E-state index is 13.0. The molecule has 1 aliphatic rings. The molecule has 1 aromatic rings. The first kappa shape index (κ1) is 16.2. The van der Waals surface area contributed by atoms with E-state index in [0.29, 0.717) is 12.8 Å². The molecule has 0 heterocycles. The van der Waals surface area contributed by atoms with Gasteiger partial charge in [0.1, 0.15) is 11.9 Å². The van der Waals surface area contributed by atoms with E-state index in [1.807, 2.05) is 6.07 Å². The van der Waals surface area contributed by atoms with Crippen LogP contribution in [0.3, 0.4) is 0 Å². The van der Waals surface area contributed by atoms with Crippen molar-refractivity contribution in [1.29, 1.82) is 5.26 Å². The Hall–Kier alpha value is -2.13. The lowest BCUT2D eigenvalue weighted by Gasteiger charge is -2.26. The third kappa shape index (κ3) is 4.43. The molecule has 0 radical (unpaired) electrons. The zero-order valence-corrected chi connectivity index (χ0v) is 12.4. The molecule has 3 N–H and O–H groups in total. The molecule has 6 heteroatoms. The maximum Gasteiger partial charge on any atom is 0.319 e. The Morgan fingerprint density at radius 3 is 2.64 bits per heavy atom. The summed E-state index contributed by atoms with van der Waals surface area (Å²) < 4.78 is 13.0. The van der Waals surface area contributed by atoms with E-state index in [9.17, 15) is 14.3 Å². The Labute approximate surface area is 129 Å². The molecule has 118 valence electrons. The summed E-state index contributed by atoms with van der Waals surface area (Å²) in [5.74, 6) is -0.532. The molecular formula is C16H20FN3O2. The fourth-order valence-electron chi connectivity index (χ4n) is 2.69. The second kappa shape index (κ2) is 7.23. The molecule has 0 atom stereocenters. The minimum absolute atomic E-state index is 0.0586. The topological polar surface area (TPSA) is 85.2 Å². The number of amides is 2. The second-order valence-corrected chi connectivity index (χ2v) is 5.75. The number of carbonyl (C=O) groups excluding carboxylic acids is 1. The number of benzene rings is 1. The highest BCUT2D eigenvalue weighted by molar-refractivity contribution is 5.90. The van der Waals surface area contributed by atoms with Crippen molar-refractivity contribution in [3.05, 3.63) is 29.6 Å². The molecule has 2 rings (SSSR count). The molecule has 0 aromatic heterocycles. The fraction of sp³-hybridized carbons (Fsp3) is 0.500. The van der Waals surface area contributed by atoms with E-state index in [0.717, 1.165) is 31.7 Å². The van der Waals surface area contributed by atoms with Gasteiger partial charge in [-0.05, 0) is 31.0 Å². The molecule has 2 amide bonds. The molecular weight excluding hydrogens is 285 g/mol. The predicted molar refractivity (Wildman–Crippen MR) is 80.8 cm³/mol. The van der Waals surface area contributed by atoms with Crippen LogP contribution in [0, 0.1) is 17.1 Å². The van der Waals surface area contributed by atoms with Gasteiger partial charge in [-0.3, -0.25) is 0 Å². The van der Waals surface area contributed by atoms with E-state index in [2.05, 4.69) is 10.6 Å². The SMILES string of the molecule is N#Cc1cc(F)ccc1NC(=O)NCC1(O)CCCCCC1. The first-order valence-electron chi connectivity index (χ1n) is 7.49. The Morgan fingerprint density at radius 1 is 1.32 bits per heavy atom. The van der Waals surface area contributed by atoms with E-state index in [1.54, 1.807) is 0 Å². The number of nitrogens with zero attached hydrogens (tertiary/aromatic N) is 1. The van der Waals surface area contributed by atoms with Crippen LogP contribution in [0.5, 0.6) is 0 Å². The summed E-state index contributed by atoms with van der Waals surface area (Å²) in [6.45, 7) is 0.169. The van der Waals surface area contributed by atoms with Gasteiger partial charge in [0.2, 0.25) is 0 Å². The zero-order valence-electron chi connectivity index (χ0n) is 12.4. The van der Waals surface area contributed by atoms with Crippen molar-refractivity contribution in [2.24, 2.45) is 0 Å². The highest BCUT2D eigenvalue weighted by atomic mass is 19.1. The number of aliphatic hydroxyl groups is 1. The van der Waals surface area contributed by atoms with Crippen molar-refractivity contribution in [2.75, 3.05) is 11.9 Å². The normalized spacial score (nSPS) is 17.1. The van der Waals surface area contributed by atoms with Crippen LogP contribution >= 0.6 is 0 Å². The van der Waals surface area contributed by atoms with E-state index < -0.39 is 17.4 Å². The molecule has 1 aromatic carbocycles. The summed E-state index contributed by atoms with van der Waals surface area (Å²) in [6, 6.07) is 4.90. The van der Waals surface area contributed by atoms with Gasteiger partial charge in [0.05, 0.1) is 16.9 Å². The lowest BCUT2D eigenvalue weighted by Crippen LogP contribution is -2.44. The van der Waals surface area contributed by atoms with Crippen molar-refractivity contribution >= 4 is 11.7 Å². The minimum Gasteiger partial charge on any atom is -0.388 e. The summed E-state index contributed by atoms with van der Waals surface area (Å²) >= 11 is 0. The van der Waals surface area contributed by atoms with Gasteiger partial charge in [0.25, 0.3) is 0 Å². The third-order valence-corrected chi connectivity index (χ3v) is 3.96. The fourth-order valence-corrected chi connectivity index (χ4v) is 2.69. The number of rotatable bonds is 3. The predicted octanol–water partition coefficient (Wildman–Crippen LogP) is 2.90. The average molecular weight is 305 g/mol. The van der Waals surface area contributed by atoms with E-state index in [1.165, 1.54) is 12.1 Å².